The molecule has 0 aromatic rings. The molecule has 0 spiro atoms. The van der Waals surface area contributed by atoms with E-state index in [0.29, 0.717) is 13.2 Å². The van der Waals surface area contributed by atoms with Gasteiger partial charge < -0.3 is 9.05 Å². The number of rotatable bonds is 9. The van der Waals surface area contributed by atoms with Crippen molar-refractivity contribution in [2.75, 3.05) is 13.2 Å². The fourth-order valence-corrected chi connectivity index (χ4v) is 3.20. The lowest BCUT2D eigenvalue weighted by molar-refractivity contribution is 0.208. The molecule has 0 bridgehead atoms. The van der Waals surface area contributed by atoms with Crippen molar-refractivity contribution in [1.82, 2.24) is 0 Å². The third kappa shape index (κ3) is 8.43. The molecular formula is C10H20IO3P. The van der Waals surface area contributed by atoms with Crippen LogP contribution in [0.25, 0.3) is 0 Å². The predicted molar refractivity (Wildman–Crippen MR) is 72.5 cm³/mol. The summed E-state index contributed by atoms with van der Waals surface area (Å²) in [6.07, 6.45) is 3.89. The number of hydrogen-bond acceptors (Lipinski definition) is 3. The van der Waals surface area contributed by atoms with Crippen molar-refractivity contribution < 1.29 is 13.6 Å². The van der Waals surface area contributed by atoms with Gasteiger partial charge in [0.25, 0.3) is 0 Å². The Kier molecular flexibility index (Phi) is 10.2. The molecule has 0 saturated heterocycles. The van der Waals surface area contributed by atoms with Crippen LogP contribution in [0.3, 0.4) is 0 Å². The molecule has 0 heterocycles. The smallest absolute Gasteiger partial charge is 0.306 e. The zero-order chi connectivity index (χ0) is 11.6. The second kappa shape index (κ2) is 9.82. The lowest BCUT2D eigenvalue weighted by Gasteiger charge is -2.14. The molecule has 0 fully saturated rings. The normalized spacial score (nSPS) is 12.5. The van der Waals surface area contributed by atoms with Crippen molar-refractivity contribution in [1.29, 1.82) is 0 Å². The Labute approximate surface area is 106 Å². The van der Waals surface area contributed by atoms with Crippen molar-refractivity contribution in [3.05, 3.63) is 9.90 Å². The molecule has 0 atom stereocenters. The van der Waals surface area contributed by atoms with E-state index in [-0.39, 0.29) is 0 Å². The van der Waals surface area contributed by atoms with E-state index in [4.69, 9.17) is 9.05 Å². The molecule has 0 unspecified atom stereocenters. The van der Waals surface area contributed by atoms with Gasteiger partial charge in [-0.15, -0.1) is 0 Å². The van der Waals surface area contributed by atoms with Crippen LogP contribution in [0.4, 0.5) is 0 Å². The third-order valence-electron chi connectivity index (χ3n) is 1.78. The molecule has 0 amide bonds. The Morgan fingerprint density at radius 2 is 1.60 bits per heavy atom. The zero-order valence-corrected chi connectivity index (χ0v) is 12.5. The van der Waals surface area contributed by atoms with Crippen molar-refractivity contribution >= 4 is 30.2 Å². The molecule has 0 radical (unpaired) electrons. The summed E-state index contributed by atoms with van der Waals surface area (Å²) >= 11 is 2.02. The Morgan fingerprint density at radius 1 is 1.13 bits per heavy atom. The van der Waals surface area contributed by atoms with Crippen LogP contribution in [0.15, 0.2) is 9.90 Å². The van der Waals surface area contributed by atoms with Crippen LogP contribution >= 0.6 is 30.2 Å². The molecule has 0 aromatic heterocycles. The largest absolute Gasteiger partial charge is 0.354 e. The molecule has 0 aromatic carbocycles. The lowest BCUT2D eigenvalue weighted by Crippen LogP contribution is -1.97. The number of hydrogen-bond donors (Lipinski definition) is 0. The van der Waals surface area contributed by atoms with Gasteiger partial charge in [-0.1, -0.05) is 49.3 Å². The van der Waals surface area contributed by atoms with Crippen molar-refractivity contribution in [3.63, 3.8) is 0 Å². The first kappa shape index (κ1) is 15.6. The van der Waals surface area contributed by atoms with Gasteiger partial charge in [0.15, 0.2) is 0 Å². The van der Waals surface area contributed by atoms with E-state index >= 15 is 0 Å². The molecule has 90 valence electrons. The summed E-state index contributed by atoms with van der Waals surface area (Å²) in [6, 6.07) is 0. The molecule has 15 heavy (non-hydrogen) atoms. The van der Waals surface area contributed by atoms with E-state index < -0.39 is 7.60 Å². The minimum atomic E-state index is -2.97. The molecule has 0 aliphatic heterocycles. The van der Waals surface area contributed by atoms with Crippen molar-refractivity contribution in [2.24, 2.45) is 0 Å². The van der Waals surface area contributed by atoms with E-state index in [0.717, 1.165) is 25.7 Å². The van der Waals surface area contributed by atoms with Gasteiger partial charge in [0, 0.05) is 5.82 Å². The first-order valence-electron chi connectivity index (χ1n) is 5.35. The summed E-state index contributed by atoms with van der Waals surface area (Å²) in [5, 5.41) is 0. The minimum Gasteiger partial charge on any atom is -0.306 e. The highest BCUT2D eigenvalue weighted by molar-refractivity contribution is 14.1. The predicted octanol–water partition coefficient (Wildman–Crippen LogP) is 4.72. The third-order valence-corrected chi connectivity index (χ3v) is 4.30. The second-order valence-corrected chi connectivity index (χ2v) is 5.80. The van der Waals surface area contributed by atoms with E-state index in [1.165, 1.54) is 5.82 Å². The average molecular weight is 346 g/mol. The molecule has 0 aliphatic carbocycles. The summed E-state index contributed by atoms with van der Waals surface area (Å²) < 4.78 is 24.3. The van der Waals surface area contributed by atoms with Crippen molar-refractivity contribution in [3.8, 4) is 0 Å². The van der Waals surface area contributed by atoms with Crippen LogP contribution in [0, 0.1) is 0 Å². The highest BCUT2D eigenvalue weighted by Crippen LogP contribution is 2.50. The first-order valence-corrected chi connectivity index (χ1v) is 8.21. The molecule has 3 nitrogen and oxygen atoms in total. The van der Waals surface area contributed by atoms with Crippen LogP contribution < -0.4 is 0 Å². The SMILES string of the molecule is CCCCOP(=O)(/C=C\I)OCCCC. The summed E-state index contributed by atoms with van der Waals surface area (Å²) in [6.45, 7) is 5.14. The standard InChI is InChI=1S/C10H20IO3P/c1-3-5-8-13-15(12,10-7-11)14-9-6-4-2/h7,10H,3-6,8-9H2,1-2H3/b10-7-. The highest BCUT2D eigenvalue weighted by Gasteiger charge is 2.19. The number of unbranched alkanes of at least 4 members (excludes halogenated alkanes) is 2. The zero-order valence-electron chi connectivity index (χ0n) is 9.45. The summed E-state index contributed by atoms with van der Waals surface area (Å²) in [5.41, 5.74) is 0. The monoisotopic (exact) mass is 346 g/mol. The van der Waals surface area contributed by atoms with Crippen LogP contribution in [0.2, 0.25) is 0 Å². The van der Waals surface area contributed by atoms with E-state index in [2.05, 4.69) is 13.8 Å². The second-order valence-electron chi connectivity index (χ2n) is 3.19. The van der Waals surface area contributed by atoms with Crippen molar-refractivity contribution in [2.45, 2.75) is 39.5 Å². The maximum absolute atomic E-state index is 12.0. The maximum atomic E-state index is 12.0. The molecular weight excluding hydrogens is 326 g/mol. The van der Waals surface area contributed by atoms with Gasteiger partial charge in [-0.25, -0.2) is 0 Å². The fraction of sp³-hybridized carbons (Fsp3) is 0.800. The molecule has 0 saturated carbocycles. The van der Waals surface area contributed by atoms with Crippen LogP contribution in [-0.4, -0.2) is 13.2 Å². The quantitative estimate of drug-likeness (QED) is 0.344. The van der Waals surface area contributed by atoms with E-state index in [9.17, 15) is 4.57 Å². The van der Waals surface area contributed by atoms with Gasteiger partial charge >= 0.3 is 7.60 Å². The average Bonchev–Trinajstić information content (AvgIpc) is 2.19. The van der Waals surface area contributed by atoms with Gasteiger partial charge in [0.2, 0.25) is 0 Å². The molecule has 0 N–H and O–H groups in total. The Balaban J connectivity index is 4.01. The van der Waals surface area contributed by atoms with Gasteiger partial charge in [-0.05, 0) is 16.9 Å². The molecule has 0 aliphatic rings. The van der Waals surface area contributed by atoms with E-state index in [1.54, 1.807) is 4.08 Å². The van der Waals surface area contributed by atoms with E-state index in [1.807, 2.05) is 22.6 Å². The molecule has 0 rings (SSSR count). The Bertz CT molecular complexity index is 205. The number of halogens is 1. The minimum absolute atomic E-state index is 0.501. The first-order chi connectivity index (χ1) is 7.18. The summed E-state index contributed by atoms with van der Waals surface area (Å²) in [5.74, 6) is 1.53. The van der Waals surface area contributed by atoms with Crippen LogP contribution in [0.1, 0.15) is 39.5 Å². The topological polar surface area (TPSA) is 35.5 Å². The lowest BCUT2D eigenvalue weighted by atomic mass is 10.4. The molecule has 5 heteroatoms. The summed E-state index contributed by atoms with van der Waals surface area (Å²) in [7, 11) is -2.97. The van der Waals surface area contributed by atoms with Crippen LogP contribution in [-0.2, 0) is 13.6 Å². The van der Waals surface area contributed by atoms with Gasteiger partial charge in [0.1, 0.15) is 0 Å². The van der Waals surface area contributed by atoms with Gasteiger partial charge in [0.05, 0.1) is 13.2 Å². The Morgan fingerprint density at radius 3 is 1.93 bits per heavy atom. The fourth-order valence-electron chi connectivity index (χ4n) is 0.865. The van der Waals surface area contributed by atoms with Gasteiger partial charge in [-0.3, -0.25) is 4.57 Å². The van der Waals surface area contributed by atoms with Crippen LogP contribution in [0.5, 0.6) is 0 Å². The maximum Gasteiger partial charge on any atom is 0.354 e. The highest BCUT2D eigenvalue weighted by atomic mass is 127. The summed E-state index contributed by atoms with van der Waals surface area (Å²) in [4.78, 5) is 0. The Hall–Kier alpha value is 0.620. The van der Waals surface area contributed by atoms with Gasteiger partial charge in [-0.2, -0.15) is 0 Å².